The molecule has 0 unspecified atom stereocenters. The number of benzene rings is 1. The van der Waals surface area contributed by atoms with E-state index < -0.39 is 23.3 Å². The number of rotatable bonds is 4. The first-order valence-corrected chi connectivity index (χ1v) is 11.5. The standard InChI is InChI=1S/C24H23ClF2N4O3/c1-12-9-14(13(2)28-16-3-4-17(25)29-19(16)21(33)34)18-15(10-12)20(32)31-8-7-23(22(31)30-18)5-6-24(26,27)11-23/h3-4,9-10,13,28H,5-8,11H2,1-2H3,(H,33,34)/t13-,23+/m1/s1. The summed E-state index contributed by atoms with van der Waals surface area (Å²) in [5, 5.41) is 13.1. The molecule has 10 heteroatoms. The fraction of sp³-hybridized carbons (Fsp3) is 0.417. The second-order valence-electron chi connectivity index (χ2n) is 9.41. The summed E-state index contributed by atoms with van der Waals surface area (Å²) in [7, 11) is 0. The maximum absolute atomic E-state index is 14.2. The van der Waals surface area contributed by atoms with Crippen LogP contribution in [0.2, 0.25) is 5.15 Å². The van der Waals surface area contributed by atoms with Crippen molar-refractivity contribution in [3.8, 4) is 0 Å². The van der Waals surface area contributed by atoms with Gasteiger partial charge in [0.15, 0.2) is 5.69 Å². The smallest absolute Gasteiger partial charge is 0.356 e. The van der Waals surface area contributed by atoms with Gasteiger partial charge in [-0.05, 0) is 50.5 Å². The van der Waals surface area contributed by atoms with Crippen LogP contribution < -0.4 is 10.9 Å². The van der Waals surface area contributed by atoms with Crippen molar-refractivity contribution in [2.75, 3.05) is 5.32 Å². The molecule has 0 amide bonds. The number of carboxylic acids is 1. The molecule has 1 spiro atoms. The Hall–Kier alpha value is -3.07. The number of alkyl halides is 2. The minimum absolute atomic E-state index is 0.0560. The Kier molecular flexibility index (Phi) is 5.16. The number of nitrogens with one attached hydrogen (secondary N) is 1. The molecule has 5 rings (SSSR count). The molecular weight excluding hydrogens is 466 g/mol. The molecule has 1 saturated carbocycles. The van der Waals surface area contributed by atoms with Gasteiger partial charge in [0.1, 0.15) is 11.0 Å². The van der Waals surface area contributed by atoms with E-state index in [0.29, 0.717) is 41.7 Å². The van der Waals surface area contributed by atoms with Gasteiger partial charge in [-0.15, -0.1) is 0 Å². The van der Waals surface area contributed by atoms with Crippen LogP contribution in [0, 0.1) is 6.92 Å². The zero-order valence-electron chi connectivity index (χ0n) is 18.7. The Morgan fingerprint density at radius 1 is 1.24 bits per heavy atom. The van der Waals surface area contributed by atoms with Gasteiger partial charge in [0.25, 0.3) is 5.56 Å². The summed E-state index contributed by atoms with van der Waals surface area (Å²) in [5.41, 5.74) is 0.964. The molecule has 178 valence electrons. The van der Waals surface area contributed by atoms with Crippen LogP contribution in [0.5, 0.6) is 0 Å². The lowest BCUT2D eigenvalue weighted by molar-refractivity contribution is 0.00241. The molecule has 1 aromatic carbocycles. The number of aromatic carboxylic acids is 1. The van der Waals surface area contributed by atoms with E-state index in [9.17, 15) is 23.5 Å². The van der Waals surface area contributed by atoms with E-state index >= 15 is 0 Å². The second-order valence-corrected chi connectivity index (χ2v) is 9.79. The number of hydrogen-bond donors (Lipinski definition) is 2. The third-order valence-corrected chi connectivity index (χ3v) is 7.20. The third-order valence-electron chi connectivity index (χ3n) is 6.99. The quantitative estimate of drug-likeness (QED) is 0.497. The maximum Gasteiger partial charge on any atom is 0.356 e. The molecule has 3 heterocycles. The first-order chi connectivity index (χ1) is 16.0. The Labute approximate surface area is 198 Å². The van der Waals surface area contributed by atoms with E-state index in [0.717, 1.165) is 5.56 Å². The molecule has 1 aliphatic carbocycles. The van der Waals surface area contributed by atoms with Crippen molar-refractivity contribution >= 4 is 34.2 Å². The van der Waals surface area contributed by atoms with Crippen LogP contribution >= 0.6 is 11.6 Å². The molecule has 34 heavy (non-hydrogen) atoms. The molecule has 2 aromatic heterocycles. The molecule has 2 atom stereocenters. The topological polar surface area (TPSA) is 97.1 Å². The third kappa shape index (κ3) is 3.62. The van der Waals surface area contributed by atoms with Crippen molar-refractivity contribution in [1.82, 2.24) is 14.5 Å². The molecular formula is C24H23ClF2N4O3. The summed E-state index contributed by atoms with van der Waals surface area (Å²) in [6, 6.07) is 6.19. The highest BCUT2D eigenvalue weighted by Crippen LogP contribution is 2.52. The average molecular weight is 489 g/mol. The van der Waals surface area contributed by atoms with Crippen molar-refractivity contribution < 1.29 is 18.7 Å². The molecule has 0 radical (unpaired) electrons. The summed E-state index contributed by atoms with van der Waals surface area (Å²) in [6.07, 6.45) is 0.263. The molecule has 1 aliphatic heterocycles. The molecule has 0 bridgehead atoms. The van der Waals surface area contributed by atoms with Crippen molar-refractivity contribution in [2.45, 2.75) is 63.5 Å². The Balaban J connectivity index is 1.64. The molecule has 1 fully saturated rings. The Morgan fingerprint density at radius 3 is 2.68 bits per heavy atom. The van der Waals surface area contributed by atoms with Gasteiger partial charge in [0.2, 0.25) is 5.92 Å². The van der Waals surface area contributed by atoms with Gasteiger partial charge < -0.3 is 10.4 Å². The van der Waals surface area contributed by atoms with Crippen LogP contribution in [0.4, 0.5) is 14.5 Å². The normalized spacial score (nSPS) is 21.7. The lowest BCUT2D eigenvalue weighted by Crippen LogP contribution is -2.28. The summed E-state index contributed by atoms with van der Waals surface area (Å²) in [6.45, 7) is 4.06. The lowest BCUT2D eigenvalue weighted by atomic mass is 9.84. The zero-order valence-corrected chi connectivity index (χ0v) is 19.4. The van der Waals surface area contributed by atoms with Crippen LogP contribution in [0.1, 0.15) is 66.1 Å². The molecule has 2 aliphatic rings. The van der Waals surface area contributed by atoms with Gasteiger partial charge in [-0.1, -0.05) is 17.7 Å². The van der Waals surface area contributed by atoms with Gasteiger partial charge in [0, 0.05) is 30.4 Å². The summed E-state index contributed by atoms with van der Waals surface area (Å²) < 4.78 is 29.9. The highest BCUT2D eigenvalue weighted by molar-refractivity contribution is 6.29. The minimum Gasteiger partial charge on any atom is -0.476 e. The molecule has 3 aromatic rings. The predicted octanol–water partition coefficient (Wildman–Crippen LogP) is 5.09. The number of nitrogens with zero attached hydrogens (tertiary/aromatic N) is 3. The van der Waals surface area contributed by atoms with Gasteiger partial charge in [-0.25, -0.2) is 23.5 Å². The average Bonchev–Trinajstić information content (AvgIpc) is 3.28. The van der Waals surface area contributed by atoms with E-state index in [1.165, 1.54) is 12.1 Å². The van der Waals surface area contributed by atoms with Crippen molar-refractivity contribution in [1.29, 1.82) is 0 Å². The lowest BCUT2D eigenvalue weighted by Gasteiger charge is -2.24. The number of aromatic nitrogens is 3. The van der Waals surface area contributed by atoms with Gasteiger partial charge in [-0.2, -0.15) is 0 Å². The Morgan fingerprint density at radius 2 is 2.00 bits per heavy atom. The highest BCUT2D eigenvalue weighted by Gasteiger charge is 2.54. The molecule has 2 N–H and O–H groups in total. The van der Waals surface area contributed by atoms with Crippen molar-refractivity contribution in [3.05, 3.63) is 62.4 Å². The van der Waals surface area contributed by atoms with Crippen LogP contribution in [-0.4, -0.2) is 31.5 Å². The van der Waals surface area contributed by atoms with E-state index in [1.807, 2.05) is 19.9 Å². The van der Waals surface area contributed by atoms with Crippen LogP contribution in [0.3, 0.4) is 0 Å². The number of carboxylic acid groups (broad SMARTS) is 1. The molecule has 7 nitrogen and oxygen atoms in total. The fourth-order valence-electron chi connectivity index (χ4n) is 5.41. The number of hydrogen-bond acceptors (Lipinski definition) is 5. The van der Waals surface area contributed by atoms with Crippen molar-refractivity contribution in [3.63, 3.8) is 0 Å². The zero-order chi connectivity index (χ0) is 24.4. The van der Waals surface area contributed by atoms with Gasteiger partial charge in [-0.3, -0.25) is 9.36 Å². The number of anilines is 1. The summed E-state index contributed by atoms with van der Waals surface area (Å²) in [5.74, 6) is -3.56. The number of pyridine rings is 1. The van der Waals surface area contributed by atoms with E-state index in [1.54, 1.807) is 10.6 Å². The SMILES string of the molecule is Cc1cc([C@@H](C)Nc2ccc(Cl)nc2C(=O)O)c2nc3n(c(=O)c2c1)CC[C@]31CCC(F)(F)C1. The highest BCUT2D eigenvalue weighted by atomic mass is 35.5. The number of halogens is 3. The first kappa shape index (κ1) is 22.7. The summed E-state index contributed by atoms with van der Waals surface area (Å²) in [4.78, 5) is 33.8. The number of fused-ring (bicyclic) bond motifs is 3. The second kappa shape index (κ2) is 7.73. The predicted molar refractivity (Wildman–Crippen MR) is 124 cm³/mol. The summed E-state index contributed by atoms with van der Waals surface area (Å²) >= 11 is 5.86. The van der Waals surface area contributed by atoms with E-state index in [4.69, 9.17) is 16.6 Å². The Bertz CT molecular complexity index is 1410. The first-order valence-electron chi connectivity index (χ1n) is 11.1. The minimum atomic E-state index is -2.76. The van der Waals surface area contributed by atoms with Gasteiger partial charge >= 0.3 is 5.97 Å². The fourth-order valence-corrected chi connectivity index (χ4v) is 5.55. The van der Waals surface area contributed by atoms with E-state index in [2.05, 4.69) is 10.3 Å². The maximum atomic E-state index is 14.2. The monoisotopic (exact) mass is 488 g/mol. The van der Waals surface area contributed by atoms with Crippen LogP contribution in [0.25, 0.3) is 10.9 Å². The largest absolute Gasteiger partial charge is 0.476 e. The van der Waals surface area contributed by atoms with E-state index in [-0.39, 0.29) is 34.9 Å². The van der Waals surface area contributed by atoms with Crippen LogP contribution in [-0.2, 0) is 12.0 Å². The number of carbonyl (C=O) groups is 1. The van der Waals surface area contributed by atoms with Crippen LogP contribution in [0.15, 0.2) is 29.1 Å². The van der Waals surface area contributed by atoms with Gasteiger partial charge in [0.05, 0.1) is 22.6 Å². The van der Waals surface area contributed by atoms with Crippen molar-refractivity contribution in [2.24, 2.45) is 0 Å². The number of aryl methyl sites for hydroxylation is 1. The molecule has 0 saturated heterocycles.